The van der Waals surface area contributed by atoms with E-state index in [4.69, 9.17) is 4.74 Å². The number of carbonyl (C=O) groups excluding carboxylic acids is 1. The fourth-order valence-corrected chi connectivity index (χ4v) is 5.45. The largest absolute Gasteiger partial charge is 0.378 e. The molecule has 0 saturated carbocycles. The molecule has 1 N–H and O–H groups in total. The molecule has 5 rings (SSSR count). The fourth-order valence-electron chi connectivity index (χ4n) is 4.63. The van der Waals surface area contributed by atoms with Gasteiger partial charge in [-0.2, -0.15) is 0 Å². The molecular formula is C28H30N4O2S. The summed E-state index contributed by atoms with van der Waals surface area (Å²) in [5.74, 6) is -0.113. The molecule has 6 nitrogen and oxygen atoms in total. The van der Waals surface area contributed by atoms with Crippen LogP contribution in [0.1, 0.15) is 28.1 Å². The van der Waals surface area contributed by atoms with Crippen LogP contribution in [-0.2, 0) is 9.53 Å². The third-order valence-electron chi connectivity index (χ3n) is 6.47. The number of nitrogens with one attached hydrogen (secondary N) is 1. The summed E-state index contributed by atoms with van der Waals surface area (Å²) in [6, 6.07) is 16.9. The minimum atomic E-state index is -0.113. The lowest BCUT2D eigenvalue weighted by atomic mass is 10.1. The number of anilines is 1. The average Bonchev–Trinajstić information content (AvgIpc) is 3.34. The molecule has 0 atom stereocenters. The maximum Gasteiger partial charge on any atom is 0.264 e. The van der Waals surface area contributed by atoms with Gasteiger partial charge in [-0.15, -0.1) is 0 Å². The zero-order chi connectivity index (χ0) is 24.5. The van der Waals surface area contributed by atoms with Crippen LogP contribution in [0.2, 0.25) is 0 Å². The zero-order valence-corrected chi connectivity index (χ0v) is 21.4. The van der Waals surface area contributed by atoms with Crippen molar-refractivity contribution >= 4 is 40.3 Å². The average molecular weight is 487 g/mol. The van der Waals surface area contributed by atoms with Crippen LogP contribution in [0.25, 0.3) is 11.8 Å². The molecule has 0 radical (unpaired) electrons. The molecule has 2 aromatic carbocycles. The second-order valence-electron chi connectivity index (χ2n) is 9.05. The van der Waals surface area contributed by atoms with Crippen LogP contribution in [0, 0.1) is 27.7 Å². The van der Waals surface area contributed by atoms with E-state index in [0.29, 0.717) is 10.1 Å². The smallest absolute Gasteiger partial charge is 0.264 e. The number of hydrogen-bond donors (Lipinski definition) is 1. The second kappa shape index (κ2) is 9.76. The van der Waals surface area contributed by atoms with Gasteiger partial charge in [-0.3, -0.25) is 4.79 Å². The Hall–Kier alpha value is -3.29. The van der Waals surface area contributed by atoms with E-state index < -0.39 is 0 Å². The first-order valence-corrected chi connectivity index (χ1v) is 12.7. The van der Waals surface area contributed by atoms with Crippen molar-refractivity contribution in [2.24, 2.45) is 4.99 Å². The third kappa shape index (κ3) is 4.92. The molecule has 3 heterocycles. The molecule has 7 heteroatoms. The van der Waals surface area contributed by atoms with Crippen LogP contribution in [0.4, 0.5) is 11.4 Å². The van der Waals surface area contributed by atoms with E-state index in [-0.39, 0.29) is 5.91 Å². The second-order valence-corrected chi connectivity index (χ2v) is 10.1. The van der Waals surface area contributed by atoms with Gasteiger partial charge in [0.05, 0.1) is 23.8 Å². The highest BCUT2D eigenvalue weighted by atomic mass is 32.2. The van der Waals surface area contributed by atoms with Crippen molar-refractivity contribution in [3.63, 3.8) is 0 Å². The van der Waals surface area contributed by atoms with Gasteiger partial charge in [0.1, 0.15) is 0 Å². The third-order valence-corrected chi connectivity index (χ3v) is 7.38. The highest BCUT2D eigenvalue weighted by molar-refractivity contribution is 8.18. The summed E-state index contributed by atoms with van der Waals surface area (Å²) in [7, 11) is 0. The first-order chi connectivity index (χ1) is 16.9. The standard InChI is InChI=1S/C28H30N4O2S/c1-18-5-10-25(19(2)15-18)29-28-30-27(33)26(35-28)17-22-16-20(3)32(21(22)4)24-8-6-23(7-9-24)31-11-13-34-14-12-31/h5-10,15-17H,11-14H2,1-4H3,(H,29,30,33)/b26-17-. The number of ether oxygens (including phenoxy) is 1. The lowest BCUT2D eigenvalue weighted by molar-refractivity contribution is -0.115. The van der Waals surface area contributed by atoms with Gasteiger partial charge in [0.15, 0.2) is 5.17 Å². The summed E-state index contributed by atoms with van der Waals surface area (Å²) < 4.78 is 7.70. The Kier molecular flexibility index (Phi) is 6.54. The number of carbonyl (C=O) groups is 1. The maximum atomic E-state index is 12.7. The first kappa shape index (κ1) is 23.5. The highest BCUT2D eigenvalue weighted by Gasteiger charge is 2.25. The molecule has 1 aromatic heterocycles. The number of nitrogens with zero attached hydrogens (tertiary/aromatic N) is 3. The van der Waals surface area contributed by atoms with E-state index in [1.165, 1.54) is 23.0 Å². The summed E-state index contributed by atoms with van der Waals surface area (Å²) in [6.07, 6.45) is 1.96. The number of rotatable bonds is 4. The first-order valence-electron chi connectivity index (χ1n) is 11.9. The molecule has 1 amide bonds. The molecule has 0 bridgehead atoms. The van der Waals surface area contributed by atoms with Crippen molar-refractivity contribution in [3.05, 3.63) is 81.5 Å². The Morgan fingerprint density at radius 1 is 0.971 bits per heavy atom. The molecule has 2 fully saturated rings. The van der Waals surface area contributed by atoms with Crippen LogP contribution in [0.15, 0.2) is 58.4 Å². The van der Waals surface area contributed by atoms with Crippen molar-refractivity contribution in [2.45, 2.75) is 27.7 Å². The predicted octanol–water partition coefficient (Wildman–Crippen LogP) is 5.44. The Balaban J connectivity index is 1.38. The van der Waals surface area contributed by atoms with Gasteiger partial charge in [0.2, 0.25) is 0 Å². The van der Waals surface area contributed by atoms with Crippen molar-refractivity contribution in [2.75, 3.05) is 31.2 Å². The van der Waals surface area contributed by atoms with E-state index in [2.05, 4.69) is 76.9 Å². The van der Waals surface area contributed by atoms with Crippen molar-refractivity contribution in [1.29, 1.82) is 0 Å². The fraction of sp³-hybridized carbons (Fsp3) is 0.286. The summed E-state index contributed by atoms with van der Waals surface area (Å²) >= 11 is 1.38. The molecule has 35 heavy (non-hydrogen) atoms. The number of aliphatic imine (C=N–C) groups is 1. The number of thioether (sulfide) groups is 1. The number of aromatic nitrogens is 1. The van der Waals surface area contributed by atoms with E-state index in [0.717, 1.165) is 60.2 Å². The monoisotopic (exact) mass is 486 g/mol. The number of amides is 1. The van der Waals surface area contributed by atoms with Gasteiger partial charge in [0.25, 0.3) is 5.91 Å². The Morgan fingerprint density at radius 2 is 1.69 bits per heavy atom. The Labute approximate surface area is 210 Å². The zero-order valence-electron chi connectivity index (χ0n) is 20.6. The van der Waals surface area contributed by atoms with Gasteiger partial charge in [0, 0.05) is 35.9 Å². The summed E-state index contributed by atoms with van der Waals surface area (Å²) in [5, 5.41) is 3.52. The van der Waals surface area contributed by atoms with Crippen molar-refractivity contribution in [1.82, 2.24) is 9.88 Å². The van der Waals surface area contributed by atoms with Crippen LogP contribution < -0.4 is 10.2 Å². The molecule has 0 unspecified atom stereocenters. The van der Waals surface area contributed by atoms with Crippen LogP contribution >= 0.6 is 11.8 Å². The minimum absolute atomic E-state index is 0.113. The molecular weight excluding hydrogens is 456 g/mol. The summed E-state index contributed by atoms with van der Waals surface area (Å²) in [6.45, 7) is 11.7. The molecule has 0 aliphatic carbocycles. The normalized spacial score (nSPS) is 18.5. The lowest BCUT2D eigenvalue weighted by Crippen LogP contribution is -2.36. The van der Waals surface area contributed by atoms with Crippen LogP contribution in [0.5, 0.6) is 0 Å². The number of aryl methyl sites for hydroxylation is 3. The molecule has 2 aliphatic rings. The molecule has 2 saturated heterocycles. The summed E-state index contributed by atoms with van der Waals surface area (Å²) in [5.41, 5.74) is 8.75. The Bertz CT molecular complexity index is 1330. The number of morpholine rings is 1. The van der Waals surface area contributed by atoms with E-state index in [9.17, 15) is 4.79 Å². The lowest BCUT2D eigenvalue weighted by Gasteiger charge is -2.29. The van der Waals surface area contributed by atoms with E-state index in [1.54, 1.807) is 0 Å². The quantitative estimate of drug-likeness (QED) is 0.499. The summed E-state index contributed by atoms with van der Waals surface area (Å²) in [4.78, 5) is 20.4. The van der Waals surface area contributed by atoms with Crippen LogP contribution in [0.3, 0.4) is 0 Å². The molecule has 180 valence electrons. The van der Waals surface area contributed by atoms with Gasteiger partial charge >= 0.3 is 0 Å². The molecule has 2 aliphatic heterocycles. The highest BCUT2D eigenvalue weighted by Crippen LogP contribution is 2.31. The number of amidine groups is 1. The van der Waals surface area contributed by atoms with Gasteiger partial charge < -0.3 is 19.5 Å². The van der Waals surface area contributed by atoms with E-state index in [1.807, 2.05) is 25.1 Å². The SMILES string of the molecule is Cc1ccc(N=C2NC(=O)/C(=C/c3cc(C)n(-c4ccc(N5CCOCC5)cc4)c3C)S2)c(C)c1. The van der Waals surface area contributed by atoms with Crippen molar-refractivity contribution in [3.8, 4) is 5.69 Å². The van der Waals surface area contributed by atoms with Crippen molar-refractivity contribution < 1.29 is 9.53 Å². The Morgan fingerprint density at radius 3 is 2.40 bits per heavy atom. The predicted molar refractivity (Wildman–Crippen MR) is 145 cm³/mol. The van der Waals surface area contributed by atoms with Crippen LogP contribution in [-0.4, -0.2) is 41.9 Å². The maximum absolute atomic E-state index is 12.7. The topological polar surface area (TPSA) is 58.9 Å². The number of benzene rings is 2. The van der Waals surface area contributed by atoms with Gasteiger partial charge in [-0.25, -0.2) is 4.99 Å². The van der Waals surface area contributed by atoms with E-state index >= 15 is 0 Å². The van der Waals surface area contributed by atoms with Gasteiger partial charge in [-0.05, 0) is 93.1 Å². The van der Waals surface area contributed by atoms with Gasteiger partial charge in [-0.1, -0.05) is 17.7 Å². The minimum Gasteiger partial charge on any atom is -0.378 e. The number of hydrogen-bond acceptors (Lipinski definition) is 5. The molecule has 3 aromatic rings. The molecule has 0 spiro atoms.